The fourth-order valence-electron chi connectivity index (χ4n) is 6.48. The maximum absolute atomic E-state index is 15.1. The molecular weight excluding hydrogens is 633 g/mol. The molecule has 1 aromatic heterocycles. The Morgan fingerprint density at radius 3 is 2.17 bits per heavy atom. The number of hydrogen-bond acceptors (Lipinski definition) is 6. The van der Waals surface area contributed by atoms with Gasteiger partial charge in [-0.2, -0.15) is 5.26 Å². The molecule has 3 heterocycles. The molecule has 5 rings (SSSR count). The molecule has 2 aliphatic heterocycles. The number of benzene rings is 2. The lowest BCUT2D eigenvalue weighted by Crippen LogP contribution is -2.59. The second-order valence-electron chi connectivity index (χ2n) is 13.4. The summed E-state index contributed by atoms with van der Waals surface area (Å²) < 4.78 is 12.2. The number of rotatable bonds is 8. The number of amides is 2. The maximum atomic E-state index is 15.1. The van der Waals surface area contributed by atoms with Crippen LogP contribution in [0.5, 0.6) is 5.75 Å². The van der Waals surface area contributed by atoms with Crippen molar-refractivity contribution in [2.75, 3.05) is 26.3 Å². The van der Waals surface area contributed by atoms with Gasteiger partial charge < -0.3 is 14.4 Å². The fourth-order valence-corrected chi connectivity index (χ4v) is 6.74. The van der Waals surface area contributed by atoms with Gasteiger partial charge in [0.25, 0.3) is 0 Å². The van der Waals surface area contributed by atoms with Gasteiger partial charge in [-0.05, 0) is 69.0 Å². The van der Waals surface area contributed by atoms with E-state index in [1.807, 2.05) is 71.3 Å². The number of carbonyl (C=O) groups is 1. The quantitative estimate of drug-likeness (QED) is 0.223. The highest BCUT2D eigenvalue weighted by Gasteiger charge is 2.60. The van der Waals surface area contributed by atoms with Crippen molar-refractivity contribution in [2.24, 2.45) is 4.99 Å². The van der Waals surface area contributed by atoms with Crippen molar-refractivity contribution >= 4 is 35.1 Å². The molecule has 0 aliphatic carbocycles. The van der Waals surface area contributed by atoms with Gasteiger partial charge in [0.05, 0.1) is 37.4 Å². The summed E-state index contributed by atoms with van der Waals surface area (Å²) in [5, 5.41) is 10.1. The summed E-state index contributed by atoms with van der Waals surface area (Å²) in [6.45, 7) is 14.2. The molecule has 0 bridgehead atoms. The summed E-state index contributed by atoms with van der Waals surface area (Å²) >= 11 is 12.8. The maximum Gasteiger partial charge on any atom is 0.326 e. The second kappa shape index (κ2) is 13.8. The van der Waals surface area contributed by atoms with Crippen molar-refractivity contribution in [3.8, 4) is 11.8 Å². The number of halogens is 2. The average molecular weight is 677 g/mol. The monoisotopic (exact) mass is 675 g/mol. The number of ether oxygens (including phenoxy) is 2. The molecule has 1 fully saturated rings. The van der Waals surface area contributed by atoms with Gasteiger partial charge in [-0.15, -0.1) is 0 Å². The lowest BCUT2D eigenvalue weighted by molar-refractivity contribution is 0.0125. The number of nitriles is 1. The molecule has 0 unspecified atom stereocenters. The first-order valence-electron chi connectivity index (χ1n) is 16.2. The predicted octanol–water partition coefficient (Wildman–Crippen LogP) is 8.49. The number of piperidine rings is 1. The van der Waals surface area contributed by atoms with Crippen LogP contribution in [-0.4, -0.2) is 59.1 Å². The van der Waals surface area contributed by atoms with Gasteiger partial charge in [0.2, 0.25) is 0 Å². The fraction of sp³-hybridized carbons (Fsp3) is 0.459. The molecule has 10 heteroatoms. The largest absolute Gasteiger partial charge is 0.493 e. The number of pyridine rings is 1. The molecule has 0 radical (unpaired) electrons. The lowest BCUT2D eigenvalue weighted by atomic mass is 9.71. The number of aliphatic imine (C=N–C) groups is 1. The normalized spacial score (nSPS) is 21.8. The zero-order valence-corrected chi connectivity index (χ0v) is 29.5. The van der Waals surface area contributed by atoms with Crippen LogP contribution in [0, 0.1) is 11.3 Å². The smallest absolute Gasteiger partial charge is 0.326 e. The topological polar surface area (TPSA) is 91.1 Å². The standard InChI is InChI=1S/C37H43Cl2N5O3/c1-7-46-31-23-32(35(2,3)4)41-24-30(31)33-42-36(5,25-9-13-27(38)14-10-25)37(6,26-11-15-28(39)16-12-26)44(33)34(45)43-20-17-29(18-21-43)47-22-8-19-40/h9-16,23-24,29H,7-8,17-18,20-22H2,1-6H3/t36-,37+/m0/s1. The molecule has 2 atom stereocenters. The number of hydrogen-bond donors (Lipinski definition) is 0. The van der Waals surface area contributed by atoms with E-state index in [1.165, 1.54) is 0 Å². The van der Waals surface area contributed by atoms with Crippen LogP contribution in [0.3, 0.4) is 0 Å². The van der Waals surface area contributed by atoms with Crippen LogP contribution in [-0.2, 0) is 21.2 Å². The SMILES string of the molecule is CCOc1cc(C(C)(C)C)ncc1C1=N[C@@](C)(c2ccc(Cl)cc2)[C@@](C)(c2ccc(Cl)cc2)N1C(=O)N1CCC(OCCC#N)CC1. The molecule has 0 N–H and O–H groups in total. The Bertz CT molecular complexity index is 1660. The first-order chi connectivity index (χ1) is 22.3. The molecule has 2 aromatic carbocycles. The molecule has 2 amide bonds. The molecule has 2 aliphatic rings. The number of carbonyl (C=O) groups excluding carboxylic acids is 1. The van der Waals surface area contributed by atoms with Crippen LogP contribution >= 0.6 is 23.2 Å². The third kappa shape index (κ3) is 6.72. The summed E-state index contributed by atoms with van der Waals surface area (Å²) in [6, 6.07) is 19.2. The number of likely N-dealkylation sites (tertiary alicyclic amines) is 1. The Morgan fingerprint density at radius 1 is 1.02 bits per heavy atom. The summed E-state index contributed by atoms with van der Waals surface area (Å²) in [4.78, 5) is 29.1. The summed E-state index contributed by atoms with van der Waals surface area (Å²) in [7, 11) is 0. The molecule has 47 heavy (non-hydrogen) atoms. The van der Waals surface area contributed by atoms with E-state index < -0.39 is 11.1 Å². The molecule has 0 saturated carbocycles. The summed E-state index contributed by atoms with van der Waals surface area (Å²) in [5.41, 5.74) is 1.10. The molecule has 8 nitrogen and oxygen atoms in total. The minimum Gasteiger partial charge on any atom is -0.493 e. The Labute approximate surface area is 288 Å². The van der Waals surface area contributed by atoms with E-state index in [1.54, 1.807) is 6.20 Å². The van der Waals surface area contributed by atoms with Gasteiger partial charge >= 0.3 is 6.03 Å². The van der Waals surface area contributed by atoms with Crippen LogP contribution in [0.15, 0.2) is 65.8 Å². The van der Waals surface area contributed by atoms with E-state index in [0.717, 1.165) is 16.8 Å². The average Bonchev–Trinajstić information content (AvgIpc) is 3.29. The number of nitrogens with zero attached hydrogens (tertiary/aromatic N) is 5. The third-order valence-corrected chi connectivity index (χ3v) is 9.90. The lowest BCUT2D eigenvalue weighted by Gasteiger charge is -2.47. The van der Waals surface area contributed by atoms with E-state index in [2.05, 4.69) is 40.7 Å². The zero-order chi connectivity index (χ0) is 34.0. The van der Waals surface area contributed by atoms with Crippen molar-refractivity contribution in [3.63, 3.8) is 0 Å². The molecule has 1 saturated heterocycles. The van der Waals surface area contributed by atoms with Crippen LogP contribution < -0.4 is 4.74 Å². The predicted molar refractivity (Wildman–Crippen MR) is 186 cm³/mol. The van der Waals surface area contributed by atoms with Crippen molar-refractivity contribution in [2.45, 2.75) is 83.4 Å². The number of urea groups is 1. The minimum atomic E-state index is -1.01. The van der Waals surface area contributed by atoms with E-state index >= 15 is 4.79 Å². The first kappa shape index (κ1) is 34.7. The highest BCUT2D eigenvalue weighted by Crippen LogP contribution is 2.54. The number of aromatic nitrogens is 1. The van der Waals surface area contributed by atoms with Crippen molar-refractivity contribution < 1.29 is 14.3 Å². The summed E-state index contributed by atoms with van der Waals surface area (Å²) in [6.07, 6.45) is 3.49. The molecule has 248 valence electrons. The van der Waals surface area contributed by atoms with Crippen LogP contribution in [0.25, 0.3) is 0 Å². The van der Waals surface area contributed by atoms with Crippen molar-refractivity contribution in [1.82, 2.24) is 14.8 Å². The highest BCUT2D eigenvalue weighted by molar-refractivity contribution is 6.30. The Balaban J connectivity index is 1.69. The van der Waals surface area contributed by atoms with Gasteiger partial charge in [-0.1, -0.05) is 68.2 Å². The minimum absolute atomic E-state index is 0.000188. The van der Waals surface area contributed by atoms with Gasteiger partial charge in [-0.3, -0.25) is 14.9 Å². The van der Waals surface area contributed by atoms with Crippen LogP contribution in [0.4, 0.5) is 4.79 Å². The van der Waals surface area contributed by atoms with Crippen molar-refractivity contribution in [1.29, 1.82) is 5.26 Å². The molecule has 3 aromatic rings. The Morgan fingerprint density at radius 2 is 1.62 bits per heavy atom. The van der Waals surface area contributed by atoms with Gasteiger partial charge in [0, 0.05) is 46.5 Å². The zero-order valence-electron chi connectivity index (χ0n) is 28.0. The van der Waals surface area contributed by atoms with Crippen LogP contribution in [0.2, 0.25) is 10.0 Å². The van der Waals surface area contributed by atoms with E-state index in [4.69, 9.17) is 47.9 Å². The molecule has 0 spiro atoms. The highest BCUT2D eigenvalue weighted by atomic mass is 35.5. The van der Waals surface area contributed by atoms with Gasteiger partial charge in [-0.25, -0.2) is 4.79 Å². The van der Waals surface area contributed by atoms with E-state index in [9.17, 15) is 0 Å². The number of amidine groups is 1. The van der Waals surface area contributed by atoms with E-state index in [0.29, 0.717) is 72.8 Å². The van der Waals surface area contributed by atoms with Crippen LogP contribution in [0.1, 0.15) is 83.2 Å². The summed E-state index contributed by atoms with van der Waals surface area (Å²) in [5.74, 6) is 1.10. The third-order valence-electron chi connectivity index (χ3n) is 9.40. The van der Waals surface area contributed by atoms with Crippen molar-refractivity contribution in [3.05, 3.63) is 93.2 Å². The second-order valence-corrected chi connectivity index (χ2v) is 14.3. The Hall–Kier alpha value is -3.64. The van der Waals surface area contributed by atoms with Gasteiger partial charge in [0.1, 0.15) is 22.7 Å². The first-order valence-corrected chi connectivity index (χ1v) is 16.9. The molecular formula is C37H43Cl2N5O3. The Kier molecular flexibility index (Phi) is 10.2. The van der Waals surface area contributed by atoms with E-state index in [-0.39, 0.29) is 17.6 Å². The van der Waals surface area contributed by atoms with Gasteiger partial charge in [0.15, 0.2) is 0 Å².